The summed E-state index contributed by atoms with van der Waals surface area (Å²) in [4.78, 5) is 20.6. The van der Waals surface area contributed by atoms with E-state index in [9.17, 15) is 22.0 Å². The van der Waals surface area contributed by atoms with Crippen molar-refractivity contribution in [3.05, 3.63) is 47.7 Å². The minimum atomic E-state index is -4.14. The lowest BCUT2D eigenvalue weighted by Crippen LogP contribution is -2.39. The van der Waals surface area contributed by atoms with E-state index in [1.54, 1.807) is 0 Å². The highest BCUT2D eigenvalue weighted by Gasteiger charge is 2.28. The maximum atomic E-state index is 13.2. The number of amides is 1. The van der Waals surface area contributed by atoms with Crippen LogP contribution in [0.25, 0.3) is 22.3 Å². The van der Waals surface area contributed by atoms with Crippen molar-refractivity contribution in [3.63, 3.8) is 0 Å². The second-order valence-corrected chi connectivity index (χ2v) is 10.8. The number of benzene rings is 1. The van der Waals surface area contributed by atoms with E-state index in [1.165, 1.54) is 17.7 Å². The van der Waals surface area contributed by atoms with Crippen molar-refractivity contribution in [1.29, 1.82) is 0 Å². The van der Waals surface area contributed by atoms with E-state index in [0.717, 1.165) is 49.2 Å². The maximum Gasteiger partial charge on any atom is 0.254 e. The van der Waals surface area contributed by atoms with Gasteiger partial charge in [-0.25, -0.2) is 21.9 Å². The number of aromatic nitrogens is 2. The van der Waals surface area contributed by atoms with Gasteiger partial charge in [0.2, 0.25) is 10.0 Å². The number of alkyl halides is 2. The van der Waals surface area contributed by atoms with E-state index in [2.05, 4.69) is 27.4 Å². The molecule has 2 saturated carbocycles. The molecule has 10 heteroatoms. The predicted octanol–water partition coefficient (Wildman–Crippen LogP) is 3.98. The summed E-state index contributed by atoms with van der Waals surface area (Å²) in [7, 11) is -4.14. The average molecular weight is 489 g/mol. The van der Waals surface area contributed by atoms with Gasteiger partial charge in [-0.2, -0.15) is 0 Å². The van der Waals surface area contributed by atoms with Crippen LogP contribution in [-0.4, -0.2) is 49.7 Å². The van der Waals surface area contributed by atoms with E-state index in [1.807, 2.05) is 10.8 Å². The predicted molar refractivity (Wildman–Crippen MR) is 125 cm³/mol. The largest absolute Gasteiger partial charge is 0.353 e. The van der Waals surface area contributed by atoms with Gasteiger partial charge in [0.05, 0.1) is 23.0 Å². The van der Waals surface area contributed by atoms with Crippen LogP contribution in [-0.2, 0) is 10.0 Å². The first-order valence-corrected chi connectivity index (χ1v) is 12.9. The molecular formula is C24H26F2N4O3S. The average Bonchev–Trinajstić information content (AvgIpc) is 3.59. The molecule has 0 unspecified atom stereocenters. The lowest BCUT2D eigenvalue weighted by Gasteiger charge is -2.26. The Labute approximate surface area is 196 Å². The van der Waals surface area contributed by atoms with E-state index in [4.69, 9.17) is 0 Å². The molecular weight excluding hydrogens is 462 g/mol. The number of nitrogens with zero attached hydrogens (tertiary/aromatic N) is 1. The summed E-state index contributed by atoms with van der Waals surface area (Å²) < 4.78 is 52.4. The van der Waals surface area contributed by atoms with Crippen molar-refractivity contribution >= 4 is 26.8 Å². The standard InChI is InChI=1S/C24H26F2N4O3S/c25-11-17(12-26)30-34(32,33)18-7-9-20(27-13-18)23-22(24(31)28-16-2-1-3-16)19-8-6-15(14-4-5-14)10-21(19)29-23/h6-10,13-14,16-17,29-30H,1-5,11-12H2,(H,28,31). The number of pyridine rings is 1. The number of H-pyrrole nitrogens is 1. The maximum absolute atomic E-state index is 13.2. The van der Waals surface area contributed by atoms with Crippen LogP contribution < -0.4 is 10.0 Å². The Morgan fingerprint density at radius 3 is 2.47 bits per heavy atom. The number of nitrogens with one attached hydrogen (secondary N) is 3. The van der Waals surface area contributed by atoms with E-state index in [0.29, 0.717) is 22.9 Å². The van der Waals surface area contributed by atoms with Gasteiger partial charge in [-0.3, -0.25) is 9.78 Å². The third-order valence-corrected chi connectivity index (χ3v) is 8.04. The highest BCUT2D eigenvalue weighted by atomic mass is 32.2. The summed E-state index contributed by atoms with van der Waals surface area (Å²) in [6, 6.07) is 7.58. The monoisotopic (exact) mass is 488 g/mol. The highest BCUT2D eigenvalue weighted by Crippen LogP contribution is 2.42. The molecule has 2 aliphatic carbocycles. The molecule has 0 saturated heterocycles. The van der Waals surface area contributed by atoms with Crippen molar-refractivity contribution in [2.45, 2.75) is 55.0 Å². The van der Waals surface area contributed by atoms with Crippen molar-refractivity contribution < 1.29 is 22.0 Å². The van der Waals surface area contributed by atoms with E-state index < -0.39 is 29.4 Å². The number of aromatic amines is 1. The Balaban J connectivity index is 1.51. The third-order valence-electron chi connectivity index (χ3n) is 6.54. The minimum absolute atomic E-state index is 0.154. The fourth-order valence-electron chi connectivity index (χ4n) is 4.20. The molecule has 3 aromatic rings. The molecule has 2 heterocycles. The number of halogens is 2. The van der Waals surface area contributed by atoms with Crippen LogP contribution in [0.15, 0.2) is 41.4 Å². The van der Waals surface area contributed by atoms with Crippen LogP contribution in [0, 0.1) is 0 Å². The van der Waals surface area contributed by atoms with E-state index in [-0.39, 0.29) is 16.8 Å². The fourth-order valence-corrected chi connectivity index (χ4v) is 5.34. The summed E-state index contributed by atoms with van der Waals surface area (Å²) in [6.45, 7) is -2.31. The van der Waals surface area contributed by atoms with Gasteiger partial charge in [-0.05, 0) is 61.8 Å². The van der Waals surface area contributed by atoms with Crippen LogP contribution in [0.5, 0.6) is 0 Å². The number of rotatable bonds is 9. The zero-order chi connectivity index (χ0) is 23.9. The number of carbonyl (C=O) groups excluding carboxylic acids is 1. The van der Waals surface area contributed by atoms with Crippen LogP contribution in [0.1, 0.15) is 53.9 Å². The SMILES string of the molecule is O=C(NC1CCC1)c1c(-c2ccc(S(=O)(=O)NC(CF)CF)cn2)[nH]c2cc(C3CC3)ccc12. The quantitative estimate of drug-likeness (QED) is 0.424. The number of hydrogen-bond donors (Lipinski definition) is 3. The molecule has 5 rings (SSSR count). The molecule has 3 N–H and O–H groups in total. The zero-order valence-electron chi connectivity index (χ0n) is 18.5. The normalized spacial score (nSPS) is 16.7. The molecule has 34 heavy (non-hydrogen) atoms. The first kappa shape index (κ1) is 22.9. The molecule has 0 atom stereocenters. The van der Waals surface area contributed by atoms with Crippen LogP contribution >= 0.6 is 0 Å². The van der Waals surface area contributed by atoms with Crippen molar-refractivity contribution in [3.8, 4) is 11.4 Å². The Kier molecular flexibility index (Phi) is 6.11. The Morgan fingerprint density at radius 2 is 1.88 bits per heavy atom. The third kappa shape index (κ3) is 4.44. The summed E-state index contributed by atoms with van der Waals surface area (Å²) in [5.74, 6) is 0.356. The summed E-state index contributed by atoms with van der Waals surface area (Å²) in [5.41, 5.74) is 3.42. The minimum Gasteiger partial charge on any atom is -0.353 e. The number of hydrogen-bond acceptors (Lipinski definition) is 4. The lowest BCUT2D eigenvalue weighted by molar-refractivity contribution is 0.0919. The first-order valence-electron chi connectivity index (χ1n) is 11.5. The van der Waals surface area contributed by atoms with Gasteiger partial charge >= 0.3 is 0 Å². The molecule has 1 amide bonds. The van der Waals surface area contributed by atoms with Gasteiger partial charge < -0.3 is 10.3 Å². The van der Waals surface area contributed by atoms with Crippen LogP contribution in [0.3, 0.4) is 0 Å². The molecule has 0 radical (unpaired) electrons. The van der Waals surface area contributed by atoms with E-state index >= 15 is 0 Å². The van der Waals surface area contributed by atoms with Crippen LogP contribution in [0.4, 0.5) is 8.78 Å². The lowest BCUT2D eigenvalue weighted by atomic mass is 9.92. The zero-order valence-corrected chi connectivity index (χ0v) is 19.3. The van der Waals surface area contributed by atoms with Gasteiger partial charge in [0.1, 0.15) is 18.2 Å². The van der Waals surface area contributed by atoms with Crippen molar-refractivity contribution in [2.75, 3.05) is 13.3 Å². The molecule has 2 aromatic heterocycles. The molecule has 1 aromatic carbocycles. The van der Waals surface area contributed by atoms with Gasteiger partial charge in [0.25, 0.3) is 5.91 Å². The molecule has 0 aliphatic heterocycles. The topological polar surface area (TPSA) is 104 Å². The summed E-state index contributed by atoms with van der Waals surface area (Å²) in [5, 5.41) is 3.86. The molecule has 7 nitrogen and oxygen atoms in total. The number of carbonyl (C=O) groups is 1. The molecule has 2 fully saturated rings. The second-order valence-electron chi connectivity index (χ2n) is 9.06. The molecule has 0 bridgehead atoms. The van der Waals surface area contributed by atoms with Crippen molar-refractivity contribution in [1.82, 2.24) is 20.0 Å². The Bertz CT molecular complexity index is 1310. The van der Waals surface area contributed by atoms with Gasteiger partial charge in [-0.1, -0.05) is 12.1 Å². The Morgan fingerprint density at radius 1 is 1.12 bits per heavy atom. The molecule has 2 aliphatic rings. The summed E-state index contributed by atoms with van der Waals surface area (Å²) in [6.07, 6.45) is 6.43. The molecule has 0 spiro atoms. The number of fused-ring (bicyclic) bond motifs is 1. The van der Waals surface area contributed by atoms with Gasteiger partial charge in [-0.15, -0.1) is 0 Å². The number of sulfonamides is 1. The summed E-state index contributed by atoms with van der Waals surface area (Å²) >= 11 is 0. The van der Waals surface area contributed by atoms with Gasteiger partial charge in [0.15, 0.2) is 0 Å². The first-order chi connectivity index (χ1) is 16.4. The van der Waals surface area contributed by atoms with Crippen molar-refractivity contribution in [2.24, 2.45) is 0 Å². The van der Waals surface area contributed by atoms with Crippen LogP contribution in [0.2, 0.25) is 0 Å². The smallest absolute Gasteiger partial charge is 0.254 e. The van der Waals surface area contributed by atoms with Gasteiger partial charge in [0, 0.05) is 23.1 Å². The Hall–Kier alpha value is -2.85. The second kappa shape index (κ2) is 9.07. The highest BCUT2D eigenvalue weighted by molar-refractivity contribution is 7.89. The fraction of sp³-hybridized carbons (Fsp3) is 0.417. The molecule has 180 valence electrons.